The zero-order chi connectivity index (χ0) is 19.3. The summed E-state index contributed by atoms with van der Waals surface area (Å²) in [5, 5.41) is 8.28. The summed E-state index contributed by atoms with van der Waals surface area (Å²) in [7, 11) is 0. The summed E-state index contributed by atoms with van der Waals surface area (Å²) in [6, 6.07) is 5.64. The summed E-state index contributed by atoms with van der Waals surface area (Å²) in [5.74, 6) is 0.462. The molecule has 5 rings (SSSR count). The highest BCUT2D eigenvalue weighted by Crippen LogP contribution is 2.33. The lowest BCUT2D eigenvalue weighted by molar-refractivity contribution is 0.0255. The maximum Gasteiger partial charge on any atom is 0.272 e. The number of amides is 1. The normalized spacial score (nSPS) is 21.0. The predicted molar refractivity (Wildman–Crippen MR) is 102 cm³/mol. The number of aromatic nitrogens is 4. The van der Waals surface area contributed by atoms with Gasteiger partial charge < -0.3 is 14.4 Å². The Labute approximate surface area is 161 Å². The van der Waals surface area contributed by atoms with Gasteiger partial charge in [0.15, 0.2) is 0 Å². The third-order valence-corrected chi connectivity index (χ3v) is 5.20. The molecule has 1 amide bonds. The van der Waals surface area contributed by atoms with E-state index >= 15 is 0 Å². The minimum absolute atomic E-state index is 0.0109. The van der Waals surface area contributed by atoms with Crippen LogP contribution in [-0.4, -0.2) is 62.4 Å². The van der Waals surface area contributed by atoms with Crippen molar-refractivity contribution in [3.8, 4) is 17.1 Å². The van der Waals surface area contributed by atoms with Crippen LogP contribution in [0.1, 0.15) is 30.8 Å². The second kappa shape index (κ2) is 6.56. The number of ether oxygens (including phenoxy) is 2. The second-order valence-electron chi connectivity index (χ2n) is 7.51. The SMILES string of the molecule is CC(C)Oc1nccc2[nH]nc(-c3ccnc(C(=O)N4CC5C[C@H]4CO5)c3)c12. The van der Waals surface area contributed by atoms with E-state index in [1.807, 2.05) is 30.9 Å². The van der Waals surface area contributed by atoms with Crippen LogP contribution in [0.2, 0.25) is 0 Å². The van der Waals surface area contributed by atoms with Crippen molar-refractivity contribution < 1.29 is 14.3 Å². The van der Waals surface area contributed by atoms with Crippen LogP contribution >= 0.6 is 0 Å². The Kier molecular flexibility index (Phi) is 4.01. The van der Waals surface area contributed by atoms with Gasteiger partial charge in [-0.1, -0.05) is 0 Å². The van der Waals surface area contributed by atoms with Crippen LogP contribution in [0.3, 0.4) is 0 Å². The summed E-state index contributed by atoms with van der Waals surface area (Å²) in [6.07, 6.45) is 4.40. The molecule has 2 aliphatic rings. The van der Waals surface area contributed by atoms with E-state index in [1.54, 1.807) is 18.5 Å². The van der Waals surface area contributed by atoms with Crippen LogP contribution in [0, 0.1) is 0 Å². The minimum atomic E-state index is -0.0609. The monoisotopic (exact) mass is 379 g/mol. The van der Waals surface area contributed by atoms with E-state index in [4.69, 9.17) is 9.47 Å². The number of carbonyl (C=O) groups excluding carboxylic acids is 1. The Morgan fingerprint density at radius 3 is 2.93 bits per heavy atom. The molecule has 5 heterocycles. The van der Waals surface area contributed by atoms with Crippen LogP contribution < -0.4 is 4.74 Å². The quantitative estimate of drug-likeness (QED) is 0.748. The maximum atomic E-state index is 13.0. The molecule has 1 unspecified atom stereocenters. The summed E-state index contributed by atoms with van der Waals surface area (Å²) >= 11 is 0. The molecule has 144 valence electrons. The highest BCUT2D eigenvalue weighted by Gasteiger charge is 2.42. The average Bonchev–Trinajstić information content (AvgIpc) is 3.42. The Hall–Kier alpha value is -3.00. The second-order valence-corrected chi connectivity index (χ2v) is 7.51. The predicted octanol–water partition coefficient (Wildman–Crippen LogP) is 2.42. The van der Waals surface area contributed by atoms with Gasteiger partial charge in [-0.05, 0) is 38.5 Å². The van der Waals surface area contributed by atoms with Crippen molar-refractivity contribution in [2.45, 2.75) is 38.5 Å². The van der Waals surface area contributed by atoms with Crippen LogP contribution in [0.5, 0.6) is 5.88 Å². The van der Waals surface area contributed by atoms with Gasteiger partial charge in [-0.3, -0.25) is 14.9 Å². The van der Waals surface area contributed by atoms with Gasteiger partial charge in [0, 0.05) is 24.5 Å². The zero-order valence-electron chi connectivity index (χ0n) is 15.8. The lowest BCUT2D eigenvalue weighted by Gasteiger charge is -2.26. The van der Waals surface area contributed by atoms with E-state index in [-0.39, 0.29) is 24.2 Å². The fourth-order valence-corrected chi connectivity index (χ4v) is 3.95. The van der Waals surface area contributed by atoms with Gasteiger partial charge in [-0.15, -0.1) is 0 Å². The molecular weight excluding hydrogens is 358 g/mol. The Morgan fingerprint density at radius 2 is 2.18 bits per heavy atom. The van der Waals surface area contributed by atoms with Gasteiger partial charge >= 0.3 is 0 Å². The first-order chi connectivity index (χ1) is 13.6. The molecule has 0 aromatic carbocycles. The molecule has 2 saturated heterocycles. The van der Waals surface area contributed by atoms with Crippen molar-refractivity contribution in [3.63, 3.8) is 0 Å². The lowest BCUT2D eigenvalue weighted by Crippen LogP contribution is -2.41. The first-order valence-corrected chi connectivity index (χ1v) is 9.49. The number of rotatable bonds is 4. The van der Waals surface area contributed by atoms with Crippen molar-refractivity contribution in [2.75, 3.05) is 13.2 Å². The van der Waals surface area contributed by atoms with Crippen LogP contribution in [0.4, 0.5) is 0 Å². The number of nitrogens with one attached hydrogen (secondary N) is 1. The van der Waals surface area contributed by atoms with Crippen LogP contribution in [0.15, 0.2) is 30.6 Å². The molecule has 0 radical (unpaired) electrons. The minimum Gasteiger partial charge on any atom is -0.474 e. The molecule has 2 fully saturated rings. The molecule has 1 N–H and O–H groups in total. The van der Waals surface area contributed by atoms with Crippen molar-refractivity contribution >= 4 is 16.8 Å². The third kappa shape index (κ3) is 2.80. The molecule has 0 saturated carbocycles. The third-order valence-electron chi connectivity index (χ3n) is 5.20. The van der Waals surface area contributed by atoms with Crippen molar-refractivity contribution in [1.29, 1.82) is 0 Å². The number of aromatic amines is 1. The average molecular weight is 379 g/mol. The van der Waals surface area contributed by atoms with Gasteiger partial charge in [0.05, 0.1) is 35.8 Å². The molecule has 3 aromatic rings. The molecule has 0 aliphatic carbocycles. The van der Waals surface area contributed by atoms with Gasteiger partial charge in [0.25, 0.3) is 5.91 Å². The molecule has 28 heavy (non-hydrogen) atoms. The van der Waals surface area contributed by atoms with Gasteiger partial charge in [-0.2, -0.15) is 5.10 Å². The number of fused-ring (bicyclic) bond motifs is 3. The lowest BCUT2D eigenvalue weighted by atomic mass is 10.1. The van der Waals surface area contributed by atoms with E-state index in [9.17, 15) is 4.79 Å². The molecule has 2 bridgehead atoms. The number of nitrogens with zero attached hydrogens (tertiary/aromatic N) is 4. The molecule has 8 heteroatoms. The molecule has 0 spiro atoms. The van der Waals surface area contributed by atoms with E-state index < -0.39 is 0 Å². The fraction of sp³-hybridized carbons (Fsp3) is 0.400. The fourth-order valence-electron chi connectivity index (χ4n) is 3.95. The first kappa shape index (κ1) is 17.1. The standard InChI is InChI=1S/C20H21N5O3/c1-11(2)28-19-17-15(4-6-22-19)23-24-18(17)12-3-5-21-16(7-12)20(26)25-9-14-8-13(25)10-27-14/h3-7,11,13-14H,8-10H2,1-2H3,(H,23,24)/t13-,14?/m0/s1. The number of carbonyl (C=O) groups is 1. The molecule has 2 atom stereocenters. The Bertz CT molecular complexity index is 1050. The molecular formula is C20H21N5O3. The number of morpholine rings is 1. The molecule has 2 aliphatic heterocycles. The van der Waals surface area contributed by atoms with Crippen LogP contribution in [-0.2, 0) is 4.74 Å². The highest BCUT2D eigenvalue weighted by molar-refractivity contribution is 5.98. The Balaban J connectivity index is 1.52. The number of likely N-dealkylation sites (tertiary alicyclic amines) is 1. The molecule has 8 nitrogen and oxygen atoms in total. The maximum absolute atomic E-state index is 13.0. The zero-order valence-corrected chi connectivity index (χ0v) is 15.8. The summed E-state index contributed by atoms with van der Waals surface area (Å²) in [5.41, 5.74) is 2.74. The molecule has 3 aromatic heterocycles. The summed E-state index contributed by atoms with van der Waals surface area (Å²) in [6.45, 7) is 5.16. The number of H-pyrrole nitrogens is 1. The van der Waals surface area contributed by atoms with Gasteiger partial charge in [0.2, 0.25) is 5.88 Å². The summed E-state index contributed by atoms with van der Waals surface area (Å²) < 4.78 is 11.5. The highest BCUT2D eigenvalue weighted by atomic mass is 16.5. The first-order valence-electron chi connectivity index (χ1n) is 9.49. The number of hydrogen-bond donors (Lipinski definition) is 1. The Morgan fingerprint density at radius 1 is 1.32 bits per heavy atom. The summed E-state index contributed by atoms with van der Waals surface area (Å²) in [4.78, 5) is 23.5. The van der Waals surface area contributed by atoms with Crippen molar-refractivity contribution in [2.24, 2.45) is 0 Å². The van der Waals surface area contributed by atoms with Crippen molar-refractivity contribution in [1.82, 2.24) is 25.1 Å². The van der Waals surface area contributed by atoms with E-state index in [0.717, 1.165) is 22.9 Å². The van der Waals surface area contributed by atoms with Gasteiger partial charge in [-0.25, -0.2) is 4.98 Å². The largest absolute Gasteiger partial charge is 0.474 e. The number of pyridine rings is 2. The topological polar surface area (TPSA) is 93.2 Å². The smallest absolute Gasteiger partial charge is 0.272 e. The van der Waals surface area contributed by atoms with E-state index in [0.29, 0.717) is 30.4 Å². The van der Waals surface area contributed by atoms with Gasteiger partial charge in [0.1, 0.15) is 11.4 Å². The van der Waals surface area contributed by atoms with E-state index in [2.05, 4.69) is 20.2 Å². The van der Waals surface area contributed by atoms with E-state index in [1.165, 1.54) is 0 Å². The van der Waals surface area contributed by atoms with Crippen LogP contribution in [0.25, 0.3) is 22.2 Å². The van der Waals surface area contributed by atoms with Crippen molar-refractivity contribution in [3.05, 3.63) is 36.3 Å². The number of hydrogen-bond acceptors (Lipinski definition) is 6.